The molecule has 2 heterocycles. The maximum atomic E-state index is 12.2. The lowest BCUT2D eigenvalue weighted by Crippen LogP contribution is -2.40. The van der Waals surface area contributed by atoms with Gasteiger partial charge in [-0.2, -0.15) is 0 Å². The molecule has 1 saturated heterocycles. The predicted molar refractivity (Wildman–Crippen MR) is 64.2 cm³/mol. The molecule has 1 unspecified atom stereocenters. The minimum Gasteiger partial charge on any atom is -0.362 e. The third-order valence-corrected chi connectivity index (χ3v) is 3.00. The van der Waals surface area contributed by atoms with Crippen LogP contribution in [-0.2, 0) is 0 Å². The van der Waals surface area contributed by atoms with E-state index in [2.05, 4.69) is 15.8 Å². The maximum Gasteiger partial charge on any atom is 0.319 e. The normalized spacial score (nSPS) is 19.9. The lowest BCUT2D eigenvalue weighted by Gasteiger charge is -2.16. The number of nitrogens with zero attached hydrogens (tertiary/aromatic N) is 2. The zero-order chi connectivity index (χ0) is 13.8. The molecule has 1 aliphatic rings. The smallest absolute Gasteiger partial charge is 0.319 e. The van der Waals surface area contributed by atoms with Crippen molar-refractivity contribution in [2.24, 2.45) is 0 Å². The van der Waals surface area contributed by atoms with Crippen molar-refractivity contribution in [3.05, 3.63) is 12.0 Å². The topological polar surface area (TPSA) is 70.4 Å². The summed E-state index contributed by atoms with van der Waals surface area (Å²) in [6.07, 6.45) is -0.331. The summed E-state index contributed by atoms with van der Waals surface area (Å²) in [7, 11) is 0. The Morgan fingerprint density at radius 1 is 1.68 bits per heavy atom. The molecule has 0 spiro atoms. The first-order valence-corrected chi connectivity index (χ1v) is 6.03. The Morgan fingerprint density at radius 3 is 3.11 bits per heavy atom. The highest BCUT2D eigenvalue weighted by molar-refractivity contribution is 5.89. The molecule has 0 saturated carbocycles. The van der Waals surface area contributed by atoms with Crippen molar-refractivity contribution >= 4 is 11.7 Å². The Bertz CT molecular complexity index is 438. The Hall–Kier alpha value is -1.70. The molecule has 1 aromatic rings. The number of carbonyl (C=O) groups is 1. The fourth-order valence-corrected chi connectivity index (χ4v) is 2.07. The van der Waals surface area contributed by atoms with Crippen LogP contribution in [0.3, 0.4) is 0 Å². The first-order chi connectivity index (χ1) is 9.04. The Morgan fingerprint density at radius 2 is 2.47 bits per heavy atom. The second-order valence-corrected chi connectivity index (χ2v) is 4.55. The van der Waals surface area contributed by atoms with Gasteiger partial charge in [0.05, 0.1) is 6.54 Å². The number of rotatable bonds is 4. The van der Waals surface area contributed by atoms with Crippen LogP contribution in [0.4, 0.5) is 19.3 Å². The van der Waals surface area contributed by atoms with Crippen LogP contribution in [0.1, 0.15) is 12.1 Å². The molecule has 2 amide bonds. The van der Waals surface area contributed by atoms with Gasteiger partial charge in [-0.15, -0.1) is 0 Å². The fraction of sp³-hybridized carbons (Fsp3) is 0.636. The number of aromatic nitrogens is 1. The predicted octanol–water partition coefficient (Wildman–Crippen LogP) is 1.44. The van der Waals surface area contributed by atoms with E-state index in [9.17, 15) is 13.6 Å². The van der Waals surface area contributed by atoms with Crippen molar-refractivity contribution in [2.45, 2.75) is 25.8 Å². The van der Waals surface area contributed by atoms with E-state index in [1.807, 2.05) is 0 Å². The molecule has 106 valence electrons. The third-order valence-electron chi connectivity index (χ3n) is 3.00. The molecule has 1 fully saturated rings. The number of alkyl halides is 2. The highest BCUT2D eigenvalue weighted by atomic mass is 19.3. The monoisotopic (exact) mass is 274 g/mol. The van der Waals surface area contributed by atoms with Crippen LogP contribution in [0.2, 0.25) is 0 Å². The van der Waals surface area contributed by atoms with Crippen LogP contribution in [0.15, 0.2) is 10.8 Å². The van der Waals surface area contributed by atoms with E-state index >= 15 is 0 Å². The molecule has 2 N–H and O–H groups in total. The average molecular weight is 274 g/mol. The quantitative estimate of drug-likeness (QED) is 0.871. The summed E-state index contributed by atoms with van der Waals surface area (Å²) in [6.45, 7) is 2.48. The van der Waals surface area contributed by atoms with E-state index in [1.54, 1.807) is 11.8 Å². The minimum atomic E-state index is -2.34. The summed E-state index contributed by atoms with van der Waals surface area (Å²) >= 11 is 0. The van der Waals surface area contributed by atoms with E-state index in [-0.39, 0.29) is 18.6 Å². The Labute approximate surface area is 109 Å². The SMILES string of the molecule is Cc1nocc1NC(=O)NC1CCN(CC(F)F)C1. The number of hydrogen-bond donors (Lipinski definition) is 2. The van der Waals surface area contributed by atoms with Crippen molar-refractivity contribution in [1.82, 2.24) is 15.4 Å². The number of hydrogen-bond acceptors (Lipinski definition) is 4. The molecule has 1 aromatic heterocycles. The summed E-state index contributed by atoms with van der Waals surface area (Å²) in [6, 6.07) is -0.492. The number of aryl methyl sites for hydroxylation is 1. The van der Waals surface area contributed by atoms with Crippen LogP contribution in [0.5, 0.6) is 0 Å². The molecule has 8 heteroatoms. The lowest BCUT2D eigenvalue weighted by molar-refractivity contribution is 0.0988. The zero-order valence-electron chi connectivity index (χ0n) is 10.5. The molecule has 0 aliphatic carbocycles. The second-order valence-electron chi connectivity index (χ2n) is 4.55. The van der Waals surface area contributed by atoms with E-state index < -0.39 is 6.43 Å². The largest absolute Gasteiger partial charge is 0.362 e. The van der Waals surface area contributed by atoms with Gasteiger partial charge in [0.2, 0.25) is 0 Å². The van der Waals surface area contributed by atoms with Gasteiger partial charge in [0.15, 0.2) is 0 Å². The molecule has 1 aliphatic heterocycles. The molecule has 0 bridgehead atoms. The van der Waals surface area contributed by atoms with Gasteiger partial charge in [0, 0.05) is 19.1 Å². The number of carbonyl (C=O) groups excluding carboxylic acids is 1. The van der Waals surface area contributed by atoms with Crippen LogP contribution in [0.25, 0.3) is 0 Å². The van der Waals surface area contributed by atoms with Crippen molar-refractivity contribution in [2.75, 3.05) is 25.0 Å². The molecule has 0 radical (unpaired) electrons. The van der Waals surface area contributed by atoms with Gasteiger partial charge in [-0.1, -0.05) is 5.16 Å². The number of nitrogens with one attached hydrogen (secondary N) is 2. The van der Waals surface area contributed by atoms with Crippen molar-refractivity contribution in [3.8, 4) is 0 Å². The van der Waals surface area contributed by atoms with E-state index in [0.29, 0.717) is 30.9 Å². The number of likely N-dealkylation sites (tertiary alicyclic amines) is 1. The van der Waals surface area contributed by atoms with E-state index in [1.165, 1.54) is 6.26 Å². The number of anilines is 1. The Balaban J connectivity index is 1.76. The van der Waals surface area contributed by atoms with Crippen molar-refractivity contribution in [3.63, 3.8) is 0 Å². The molecule has 6 nitrogen and oxygen atoms in total. The van der Waals surface area contributed by atoms with Crippen LogP contribution >= 0.6 is 0 Å². The molecule has 2 rings (SSSR count). The third kappa shape index (κ3) is 3.88. The maximum absolute atomic E-state index is 12.2. The molecule has 1 atom stereocenters. The van der Waals surface area contributed by atoms with Crippen molar-refractivity contribution in [1.29, 1.82) is 0 Å². The summed E-state index contributed by atoms with van der Waals surface area (Å²) in [5.74, 6) is 0. The second kappa shape index (κ2) is 5.96. The summed E-state index contributed by atoms with van der Waals surface area (Å²) in [5, 5.41) is 8.98. The zero-order valence-corrected chi connectivity index (χ0v) is 10.5. The van der Waals surface area contributed by atoms with Gasteiger partial charge in [-0.25, -0.2) is 13.6 Å². The molecular weight excluding hydrogens is 258 g/mol. The summed E-state index contributed by atoms with van der Waals surface area (Å²) in [4.78, 5) is 13.3. The van der Waals surface area contributed by atoms with Gasteiger partial charge < -0.3 is 15.2 Å². The van der Waals surface area contributed by atoms with Crippen LogP contribution < -0.4 is 10.6 Å². The molecule has 0 aromatic carbocycles. The standard InChI is InChI=1S/C11H16F2N4O2/c1-7-9(6-19-16-7)15-11(18)14-8-2-3-17(4-8)5-10(12)13/h6,8,10H,2-5H2,1H3,(H2,14,15,18). The number of amides is 2. The lowest BCUT2D eigenvalue weighted by atomic mass is 10.3. The molecule has 19 heavy (non-hydrogen) atoms. The van der Waals surface area contributed by atoms with Gasteiger partial charge in [0.1, 0.15) is 17.6 Å². The number of urea groups is 1. The molecular formula is C11H16F2N4O2. The van der Waals surface area contributed by atoms with Crippen LogP contribution in [0, 0.1) is 6.92 Å². The highest BCUT2D eigenvalue weighted by Gasteiger charge is 2.25. The van der Waals surface area contributed by atoms with Gasteiger partial charge >= 0.3 is 6.03 Å². The summed E-state index contributed by atoms with van der Waals surface area (Å²) < 4.78 is 29.1. The highest BCUT2D eigenvalue weighted by Crippen LogP contribution is 2.13. The van der Waals surface area contributed by atoms with E-state index in [4.69, 9.17) is 4.52 Å². The summed E-state index contributed by atoms with van der Waals surface area (Å²) in [5.41, 5.74) is 1.08. The number of halogens is 2. The van der Waals surface area contributed by atoms with Gasteiger partial charge in [-0.3, -0.25) is 4.90 Å². The first-order valence-electron chi connectivity index (χ1n) is 6.03. The van der Waals surface area contributed by atoms with Crippen molar-refractivity contribution < 1.29 is 18.1 Å². The van der Waals surface area contributed by atoms with E-state index in [0.717, 1.165) is 0 Å². The first kappa shape index (κ1) is 13.7. The Kier molecular flexibility index (Phi) is 4.31. The fourth-order valence-electron chi connectivity index (χ4n) is 2.07. The minimum absolute atomic E-state index is 0.112. The average Bonchev–Trinajstić information content (AvgIpc) is 2.89. The van der Waals surface area contributed by atoms with Gasteiger partial charge in [0.25, 0.3) is 6.43 Å². The van der Waals surface area contributed by atoms with Crippen LogP contribution in [-0.4, -0.2) is 48.2 Å². The van der Waals surface area contributed by atoms with Gasteiger partial charge in [-0.05, 0) is 13.3 Å².